The van der Waals surface area contributed by atoms with Gasteiger partial charge in [-0.05, 0) is 40.9 Å². The Morgan fingerprint density at radius 1 is 1.26 bits per heavy atom. The van der Waals surface area contributed by atoms with Crippen LogP contribution in [0.3, 0.4) is 0 Å². The Morgan fingerprint density at radius 3 is 2.69 bits per heavy atom. The SMILES string of the molecule is COc1ccc(Cc2nn[nH]n2)cc1Cc1c(CCC(=O)O)nc(N)nc1N[C@@H](CCCI)CCS(C)(=O)=O. The highest BCUT2D eigenvalue weighted by atomic mass is 127. The number of carboxylic acid groups (broad SMARTS) is 1. The number of ether oxygens (including phenoxy) is 1. The fraction of sp³-hybridized carbons (Fsp3) is 0.500. The van der Waals surface area contributed by atoms with Gasteiger partial charge in [-0.2, -0.15) is 10.2 Å². The number of H-pyrrole nitrogens is 1. The molecule has 5 N–H and O–H groups in total. The van der Waals surface area contributed by atoms with Crippen molar-refractivity contribution in [2.45, 2.75) is 51.0 Å². The van der Waals surface area contributed by atoms with E-state index in [4.69, 9.17) is 10.5 Å². The minimum Gasteiger partial charge on any atom is -0.496 e. The van der Waals surface area contributed by atoms with E-state index in [9.17, 15) is 18.3 Å². The lowest BCUT2D eigenvalue weighted by atomic mass is 9.97. The van der Waals surface area contributed by atoms with E-state index in [1.165, 1.54) is 6.26 Å². The number of carbonyl (C=O) groups is 1. The normalized spacial score (nSPS) is 12.3. The highest BCUT2D eigenvalue weighted by molar-refractivity contribution is 14.1. The number of nitrogen functional groups attached to an aromatic ring is 1. The number of alkyl halides is 1. The maximum atomic E-state index is 11.9. The number of nitrogens with zero attached hydrogens (tertiary/aromatic N) is 5. The van der Waals surface area contributed by atoms with Gasteiger partial charge in [0.15, 0.2) is 5.82 Å². The van der Waals surface area contributed by atoms with Crippen LogP contribution in [0, 0.1) is 0 Å². The zero-order valence-electron chi connectivity index (χ0n) is 21.9. The zero-order chi connectivity index (χ0) is 28.4. The van der Waals surface area contributed by atoms with Crippen molar-refractivity contribution in [3.63, 3.8) is 0 Å². The zero-order valence-corrected chi connectivity index (χ0v) is 24.8. The quantitative estimate of drug-likeness (QED) is 0.128. The fourth-order valence-corrected chi connectivity index (χ4v) is 5.31. The van der Waals surface area contributed by atoms with Gasteiger partial charge in [-0.1, -0.05) is 39.9 Å². The molecule has 2 heterocycles. The molecule has 1 aromatic carbocycles. The highest BCUT2D eigenvalue weighted by Crippen LogP contribution is 2.30. The number of nitrogens with one attached hydrogen (secondary N) is 2. The molecule has 0 amide bonds. The van der Waals surface area contributed by atoms with Gasteiger partial charge < -0.3 is 20.9 Å². The Morgan fingerprint density at radius 2 is 2.05 bits per heavy atom. The van der Waals surface area contributed by atoms with Crippen LogP contribution < -0.4 is 15.8 Å². The van der Waals surface area contributed by atoms with Gasteiger partial charge in [0, 0.05) is 37.1 Å². The minimum absolute atomic E-state index is 0.00946. The first-order chi connectivity index (χ1) is 18.6. The van der Waals surface area contributed by atoms with Crippen molar-refractivity contribution < 1.29 is 23.1 Å². The number of aliphatic carboxylic acids is 1. The van der Waals surface area contributed by atoms with Gasteiger partial charge in [0.1, 0.15) is 21.4 Å². The molecular formula is C24H33IN8O5S. The molecule has 39 heavy (non-hydrogen) atoms. The minimum atomic E-state index is -3.16. The van der Waals surface area contributed by atoms with Gasteiger partial charge in [-0.3, -0.25) is 4.79 Å². The number of aryl methyl sites for hydroxylation is 1. The summed E-state index contributed by atoms with van der Waals surface area (Å²) in [6, 6.07) is 5.55. The Kier molecular flexibility index (Phi) is 11.2. The maximum absolute atomic E-state index is 11.9. The molecule has 1 atom stereocenters. The number of aromatic amines is 1. The van der Waals surface area contributed by atoms with E-state index < -0.39 is 15.8 Å². The molecule has 0 saturated carbocycles. The van der Waals surface area contributed by atoms with E-state index in [2.05, 4.69) is 58.5 Å². The summed E-state index contributed by atoms with van der Waals surface area (Å²) in [6.45, 7) is 0. The number of sulfone groups is 1. The number of carboxylic acids is 1. The summed E-state index contributed by atoms with van der Waals surface area (Å²) < 4.78 is 30.3. The topological polar surface area (TPSA) is 199 Å². The number of halogens is 1. The van der Waals surface area contributed by atoms with Crippen LogP contribution >= 0.6 is 22.6 Å². The van der Waals surface area contributed by atoms with Crippen molar-refractivity contribution in [3.05, 3.63) is 46.4 Å². The molecule has 0 aliphatic heterocycles. The second-order valence-electron chi connectivity index (χ2n) is 9.17. The van der Waals surface area contributed by atoms with Gasteiger partial charge in [0.05, 0.1) is 25.0 Å². The lowest BCUT2D eigenvalue weighted by molar-refractivity contribution is -0.136. The van der Waals surface area contributed by atoms with Gasteiger partial charge in [0.2, 0.25) is 5.95 Å². The second kappa shape index (κ2) is 14.3. The molecule has 15 heteroatoms. The van der Waals surface area contributed by atoms with Crippen LogP contribution in [0.25, 0.3) is 0 Å². The molecule has 3 rings (SSSR count). The predicted molar refractivity (Wildman–Crippen MR) is 155 cm³/mol. The second-order valence-corrected chi connectivity index (χ2v) is 12.5. The van der Waals surface area contributed by atoms with E-state index in [1.807, 2.05) is 18.2 Å². The highest BCUT2D eigenvalue weighted by Gasteiger charge is 2.21. The average Bonchev–Trinajstić information content (AvgIpc) is 3.38. The first-order valence-electron chi connectivity index (χ1n) is 12.3. The monoisotopic (exact) mass is 672 g/mol. The Balaban J connectivity index is 2.02. The molecule has 2 aromatic heterocycles. The molecule has 0 unspecified atom stereocenters. The lowest BCUT2D eigenvalue weighted by Gasteiger charge is -2.23. The third-order valence-electron chi connectivity index (χ3n) is 6.01. The summed E-state index contributed by atoms with van der Waals surface area (Å²) in [7, 11) is -1.59. The van der Waals surface area contributed by atoms with E-state index in [0.717, 1.165) is 28.4 Å². The molecule has 212 valence electrons. The standard InChI is InChI=1S/C24H33IN8O5S/c1-38-20-7-5-15(13-21-30-32-33-31-21)12-16(20)14-18-19(6-8-22(34)35)28-24(26)29-23(18)27-17(4-3-10-25)9-11-39(2,36)37/h5,7,12,17H,3-4,6,8-11,13-14H2,1-2H3,(H,34,35)(H3,26,27,28,29)(H,30,31,32,33)/t17-/m0/s1. The number of anilines is 2. The molecule has 0 aliphatic carbocycles. The van der Waals surface area contributed by atoms with Crippen LogP contribution in [0.1, 0.15) is 53.9 Å². The fourth-order valence-electron chi connectivity index (χ4n) is 4.16. The first kappa shape index (κ1) is 30.5. The third kappa shape index (κ3) is 9.87. The molecule has 3 aromatic rings. The van der Waals surface area contributed by atoms with E-state index in [0.29, 0.717) is 47.9 Å². The first-order valence-corrected chi connectivity index (χ1v) is 15.9. The van der Waals surface area contributed by atoms with Crippen molar-refractivity contribution >= 4 is 50.2 Å². The van der Waals surface area contributed by atoms with Crippen LogP contribution in [0.5, 0.6) is 5.75 Å². The number of hydrogen-bond acceptors (Lipinski definition) is 11. The van der Waals surface area contributed by atoms with Gasteiger partial charge in [0.25, 0.3) is 0 Å². The van der Waals surface area contributed by atoms with E-state index >= 15 is 0 Å². The van der Waals surface area contributed by atoms with Crippen molar-refractivity contribution in [1.29, 1.82) is 0 Å². The summed E-state index contributed by atoms with van der Waals surface area (Å²) >= 11 is 2.29. The van der Waals surface area contributed by atoms with Crippen LogP contribution in [0.2, 0.25) is 0 Å². The van der Waals surface area contributed by atoms with Gasteiger partial charge in [-0.25, -0.2) is 13.4 Å². The number of nitrogens with two attached hydrogens (primary N) is 1. The van der Waals surface area contributed by atoms with Crippen LogP contribution in [-0.4, -0.2) is 79.7 Å². The average molecular weight is 673 g/mol. The largest absolute Gasteiger partial charge is 0.496 e. The third-order valence-corrected chi connectivity index (χ3v) is 7.75. The molecule has 0 radical (unpaired) electrons. The summed E-state index contributed by atoms with van der Waals surface area (Å²) in [4.78, 5) is 20.3. The Labute approximate surface area is 240 Å². The molecule has 0 bridgehead atoms. The molecule has 0 aliphatic rings. The van der Waals surface area contributed by atoms with Gasteiger partial charge >= 0.3 is 5.97 Å². The van der Waals surface area contributed by atoms with E-state index in [-0.39, 0.29) is 30.6 Å². The number of hydrogen-bond donors (Lipinski definition) is 4. The molecule has 0 spiro atoms. The summed E-state index contributed by atoms with van der Waals surface area (Å²) in [5.41, 5.74) is 8.99. The number of benzene rings is 1. The van der Waals surface area contributed by atoms with Crippen molar-refractivity contribution in [2.24, 2.45) is 0 Å². The summed E-state index contributed by atoms with van der Waals surface area (Å²) in [5.74, 6) is 0.712. The Bertz CT molecular complexity index is 1350. The number of rotatable bonds is 16. The number of methoxy groups -OCH3 is 1. The van der Waals surface area contributed by atoms with Crippen LogP contribution in [0.15, 0.2) is 18.2 Å². The lowest BCUT2D eigenvalue weighted by Crippen LogP contribution is -2.25. The molecule has 0 saturated heterocycles. The van der Waals surface area contributed by atoms with Crippen molar-refractivity contribution in [2.75, 3.05) is 34.6 Å². The van der Waals surface area contributed by atoms with Crippen molar-refractivity contribution in [3.8, 4) is 5.75 Å². The van der Waals surface area contributed by atoms with Crippen molar-refractivity contribution in [1.82, 2.24) is 30.6 Å². The van der Waals surface area contributed by atoms with Gasteiger partial charge in [-0.15, -0.1) is 10.2 Å². The van der Waals surface area contributed by atoms with E-state index in [1.54, 1.807) is 7.11 Å². The summed E-state index contributed by atoms with van der Waals surface area (Å²) in [5, 5.41) is 26.8. The predicted octanol–water partition coefficient (Wildman–Crippen LogP) is 2.21. The Hall–Kier alpha value is -3.08. The number of tetrazole rings is 1. The summed E-state index contributed by atoms with van der Waals surface area (Å²) in [6.07, 6.45) is 4.02. The smallest absolute Gasteiger partial charge is 0.303 e. The van der Waals surface area contributed by atoms with Crippen LogP contribution in [0.4, 0.5) is 11.8 Å². The molecule has 0 fully saturated rings. The molecular weight excluding hydrogens is 639 g/mol. The van der Waals surface area contributed by atoms with Crippen LogP contribution in [-0.2, 0) is 33.9 Å². The number of aromatic nitrogens is 6. The molecule has 13 nitrogen and oxygen atoms in total. The maximum Gasteiger partial charge on any atom is 0.303 e.